The molecule has 0 aliphatic carbocycles. The minimum Gasteiger partial charge on any atom is -0.396 e. The van der Waals surface area contributed by atoms with E-state index in [1.54, 1.807) is 6.07 Å². The van der Waals surface area contributed by atoms with Crippen LogP contribution in [0, 0.1) is 11.7 Å². The van der Waals surface area contributed by atoms with Gasteiger partial charge in [-0.05, 0) is 24.5 Å². The van der Waals surface area contributed by atoms with Gasteiger partial charge >= 0.3 is 0 Å². The smallest absolute Gasteiger partial charge is 0.208 e. The summed E-state index contributed by atoms with van der Waals surface area (Å²) in [5.74, 6) is -0.880. The minimum absolute atomic E-state index is 0.0417. The zero-order valence-corrected chi connectivity index (χ0v) is 11.4. The van der Waals surface area contributed by atoms with Gasteiger partial charge in [0.2, 0.25) is 10.0 Å². The van der Waals surface area contributed by atoms with Crippen molar-refractivity contribution in [2.75, 3.05) is 19.4 Å². The van der Waals surface area contributed by atoms with Crippen LogP contribution in [0.15, 0.2) is 18.2 Å². The number of rotatable bonds is 6. The summed E-state index contributed by atoms with van der Waals surface area (Å²) in [6.45, 7) is -0.215. The molecule has 0 spiro atoms. The fraction of sp³-hybridized carbons (Fsp3) is 0.455. The maximum Gasteiger partial charge on any atom is 0.208 e. The van der Waals surface area contributed by atoms with E-state index in [-0.39, 0.29) is 30.2 Å². The normalized spacial score (nSPS) is 13.6. The third-order valence-corrected chi connectivity index (χ3v) is 3.49. The van der Waals surface area contributed by atoms with Gasteiger partial charge < -0.3 is 5.11 Å². The van der Waals surface area contributed by atoms with Crippen LogP contribution < -0.4 is 4.72 Å². The highest BCUT2D eigenvalue weighted by atomic mass is 35.5. The van der Waals surface area contributed by atoms with Gasteiger partial charge in [-0.15, -0.1) is 0 Å². The lowest BCUT2D eigenvalue weighted by Gasteiger charge is -2.15. The van der Waals surface area contributed by atoms with Gasteiger partial charge in [-0.3, -0.25) is 0 Å². The SMILES string of the molecule is CS(=O)(=O)NC[C@@H](CO)Cc1c(F)cccc1Cl. The van der Waals surface area contributed by atoms with Crippen LogP contribution in [0.3, 0.4) is 0 Å². The molecule has 1 atom stereocenters. The number of hydrogen-bond donors (Lipinski definition) is 2. The molecule has 0 amide bonds. The molecule has 0 fully saturated rings. The Bertz CT molecular complexity index is 487. The Hall–Kier alpha value is -0.690. The molecule has 0 unspecified atom stereocenters. The summed E-state index contributed by atoms with van der Waals surface area (Å²) in [6.07, 6.45) is 1.20. The molecule has 1 aromatic rings. The van der Waals surface area contributed by atoms with Gasteiger partial charge in [0.25, 0.3) is 0 Å². The predicted octanol–water partition coefficient (Wildman–Crippen LogP) is 1.18. The average molecular weight is 296 g/mol. The molecule has 0 bridgehead atoms. The van der Waals surface area contributed by atoms with Gasteiger partial charge in [-0.2, -0.15) is 0 Å². The monoisotopic (exact) mass is 295 g/mol. The van der Waals surface area contributed by atoms with Gasteiger partial charge in [-0.1, -0.05) is 17.7 Å². The van der Waals surface area contributed by atoms with Crippen LogP contribution in [-0.4, -0.2) is 32.9 Å². The molecule has 0 aromatic heterocycles. The first-order valence-corrected chi connectivity index (χ1v) is 7.59. The molecule has 0 saturated heterocycles. The fourth-order valence-corrected chi connectivity index (χ4v) is 2.27. The summed E-state index contributed by atoms with van der Waals surface area (Å²) in [6, 6.07) is 4.32. The summed E-state index contributed by atoms with van der Waals surface area (Å²) in [5.41, 5.74) is 0.286. The molecule has 1 rings (SSSR count). The largest absolute Gasteiger partial charge is 0.396 e. The van der Waals surface area contributed by atoms with Gasteiger partial charge in [0, 0.05) is 23.7 Å². The summed E-state index contributed by atoms with van der Waals surface area (Å²) < 4.78 is 37.7. The first kappa shape index (κ1) is 15.4. The highest BCUT2D eigenvalue weighted by Crippen LogP contribution is 2.22. The van der Waals surface area contributed by atoms with Crippen molar-refractivity contribution in [1.29, 1.82) is 0 Å². The van der Waals surface area contributed by atoms with E-state index in [9.17, 15) is 12.8 Å². The first-order valence-electron chi connectivity index (χ1n) is 5.32. The summed E-state index contributed by atoms with van der Waals surface area (Å²) in [5, 5.41) is 9.44. The van der Waals surface area contributed by atoms with Crippen LogP contribution in [0.5, 0.6) is 0 Å². The van der Waals surface area contributed by atoms with Crippen molar-refractivity contribution >= 4 is 21.6 Å². The van der Waals surface area contributed by atoms with Crippen molar-refractivity contribution in [3.8, 4) is 0 Å². The topological polar surface area (TPSA) is 66.4 Å². The van der Waals surface area contributed by atoms with Crippen LogP contribution in [0.4, 0.5) is 4.39 Å². The highest BCUT2D eigenvalue weighted by molar-refractivity contribution is 7.88. The summed E-state index contributed by atoms with van der Waals surface area (Å²) in [7, 11) is -3.33. The number of benzene rings is 1. The molecular formula is C11H15ClFNO3S. The van der Waals surface area contributed by atoms with Crippen molar-refractivity contribution in [3.63, 3.8) is 0 Å². The molecule has 4 nitrogen and oxygen atoms in total. The third-order valence-electron chi connectivity index (χ3n) is 2.45. The zero-order chi connectivity index (χ0) is 13.8. The first-order chi connectivity index (χ1) is 8.33. The van der Waals surface area contributed by atoms with E-state index in [0.29, 0.717) is 0 Å². The van der Waals surface area contributed by atoms with Gasteiger partial charge in [0.15, 0.2) is 0 Å². The molecule has 0 radical (unpaired) electrons. The Labute approximate surface area is 111 Å². The molecule has 0 aliphatic heterocycles. The van der Waals surface area contributed by atoms with Crippen molar-refractivity contribution < 1.29 is 17.9 Å². The lowest BCUT2D eigenvalue weighted by atomic mass is 10.00. The van der Waals surface area contributed by atoms with E-state index in [1.807, 2.05) is 0 Å². The number of aliphatic hydroxyl groups is 1. The van der Waals surface area contributed by atoms with E-state index in [2.05, 4.69) is 4.72 Å². The Morgan fingerprint density at radius 3 is 2.67 bits per heavy atom. The summed E-state index contributed by atoms with van der Waals surface area (Å²) in [4.78, 5) is 0. The number of halogens is 2. The second-order valence-corrected chi connectivity index (χ2v) is 6.31. The standard InChI is InChI=1S/C11H15ClFNO3S/c1-18(16,17)14-6-8(7-15)5-9-10(12)3-2-4-11(9)13/h2-4,8,14-15H,5-7H2,1H3/t8-/m0/s1. The number of aliphatic hydroxyl groups excluding tert-OH is 1. The molecular weight excluding hydrogens is 281 g/mol. The fourth-order valence-electron chi connectivity index (χ4n) is 1.49. The van der Waals surface area contributed by atoms with Crippen molar-refractivity contribution in [2.24, 2.45) is 5.92 Å². The second-order valence-electron chi connectivity index (χ2n) is 4.07. The molecule has 0 saturated carbocycles. The molecule has 18 heavy (non-hydrogen) atoms. The number of sulfonamides is 1. The zero-order valence-electron chi connectivity index (χ0n) is 9.86. The molecule has 0 aliphatic rings. The van der Waals surface area contributed by atoms with Crippen LogP contribution in [0.25, 0.3) is 0 Å². The Morgan fingerprint density at radius 2 is 2.17 bits per heavy atom. The number of nitrogens with one attached hydrogen (secondary N) is 1. The van der Waals surface area contributed by atoms with E-state index in [1.165, 1.54) is 12.1 Å². The van der Waals surface area contributed by atoms with Crippen LogP contribution in [-0.2, 0) is 16.4 Å². The van der Waals surface area contributed by atoms with Crippen molar-refractivity contribution in [2.45, 2.75) is 6.42 Å². The van der Waals surface area contributed by atoms with Crippen LogP contribution in [0.1, 0.15) is 5.56 Å². The molecule has 102 valence electrons. The maximum absolute atomic E-state index is 13.5. The van der Waals surface area contributed by atoms with E-state index >= 15 is 0 Å². The second kappa shape index (κ2) is 6.47. The highest BCUT2D eigenvalue weighted by Gasteiger charge is 2.15. The van der Waals surface area contributed by atoms with Gasteiger partial charge in [0.1, 0.15) is 5.82 Å². The quantitative estimate of drug-likeness (QED) is 0.828. The van der Waals surface area contributed by atoms with Crippen molar-refractivity contribution in [3.05, 3.63) is 34.6 Å². The van der Waals surface area contributed by atoms with Crippen LogP contribution in [0.2, 0.25) is 5.02 Å². The molecule has 7 heteroatoms. The molecule has 2 N–H and O–H groups in total. The van der Waals surface area contributed by atoms with E-state index < -0.39 is 21.8 Å². The predicted molar refractivity (Wildman–Crippen MR) is 68.5 cm³/mol. The third kappa shape index (κ3) is 4.89. The van der Waals surface area contributed by atoms with Crippen LogP contribution >= 0.6 is 11.6 Å². The number of hydrogen-bond acceptors (Lipinski definition) is 3. The van der Waals surface area contributed by atoms with Crippen molar-refractivity contribution in [1.82, 2.24) is 4.72 Å². The lowest BCUT2D eigenvalue weighted by Crippen LogP contribution is -2.31. The average Bonchev–Trinajstić information content (AvgIpc) is 2.26. The van der Waals surface area contributed by atoms with Gasteiger partial charge in [0.05, 0.1) is 6.26 Å². The van der Waals surface area contributed by atoms with E-state index in [0.717, 1.165) is 6.26 Å². The van der Waals surface area contributed by atoms with E-state index in [4.69, 9.17) is 16.7 Å². The lowest BCUT2D eigenvalue weighted by molar-refractivity contribution is 0.226. The molecule has 1 aromatic carbocycles. The Kier molecular flexibility index (Phi) is 5.52. The summed E-state index contributed by atoms with van der Waals surface area (Å²) >= 11 is 5.86. The maximum atomic E-state index is 13.5. The van der Waals surface area contributed by atoms with Gasteiger partial charge in [-0.25, -0.2) is 17.5 Å². The Morgan fingerprint density at radius 1 is 1.50 bits per heavy atom. The Balaban J connectivity index is 2.74. The minimum atomic E-state index is -3.33. The molecule has 0 heterocycles.